The number of amides is 2. The highest BCUT2D eigenvalue weighted by atomic mass is 16.6. The van der Waals surface area contributed by atoms with E-state index in [0.717, 1.165) is 0 Å². The molecule has 0 atom stereocenters. The zero-order valence-electron chi connectivity index (χ0n) is 14.5. The molecule has 0 bridgehead atoms. The Hall–Kier alpha value is -3.42. The van der Waals surface area contributed by atoms with Gasteiger partial charge in [-0.25, -0.2) is 9.59 Å². The monoisotopic (exact) mass is 360 g/mol. The maximum absolute atomic E-state index is 11.6. The number of rotatable bonds is 7. The molecule has 0 fully saturated rings. The van der Waals surface area contributed by atoms with Crippen LogP contribution < -0.4 is 29.6 Å². The van der Waals surface area contributed by atoms with Crippen molar-refractivity contribution < 1.29 is 28.5 Å². The molecule has 0 spiro atoms. The number of hydrogen-bond donors (Lipinski definition) is 2. The van der Waals surface area contributed by atoms with Crippen LogP contribution in [0.25, 0.3) is 0 Å². The zero-order chi connectivity index (χ0) is 18.8. The molecular weight excluding hydrogens is 340 g/mol. The van der Waals surface area contributed by atoms with E-state index in [0.29, 0.717) is 23.0 Å². The summed E-state index contributed by atoms with van der Waals surface area (Å²) < 4.78 is 20.2. The summed E-state index contributed by atoms with van der Waals surface area (Å²) in [7, 11) is 3.10. The Labute approximate surface area is 151 Å². The molecule has 26 heavy (non-hydrogen) atoms. The fourth-order valence-corrected chi connectivity index (χ4v) is 1.90. The van der Waals surface area contributed by atoms with Gasteiger partial charge in [0.15, 0.2) is 0 Å². The molecule has 2 rings (SSSR count). The highest BCUT2D eigenvalue weighted by Gasteiger charge is 2.06. The van der Waals surface area contributed by atoms with Crippen LogP contribution in [0.5, 0.6) is 23.0 Å². The van der Waals surface area contributed by atoms with Crippen LogP contribution in [0.15, 0.2) is 48.5 Å². The summed E-state index contributed by atoms with van der Waals surface area (Å²) in [5.41, 5.74) is 0. The fourth-order valence-electron chi connectivity index (χ4n) is 1.90. The number of carbonyl (C=O) groups excluding carboxylic acids is 2. The minimum Gasteiger partial charge on any atom is -0.497 e. The lowest BCUT2D eigenvalue weighted by atomic mass is 10.3. The highest BCUT2D eigenvalue weighted by Crippen LogP contribution is 2.17. The van der Waals surface area contributed by atoms with Crippen molar-refractivity contribution in [3.8, 4) is 23.0 Å². The van der Waals surface area contributed by atoms with Gasteiger partial charge in [-0.2, -0.15) is 0 Å². The van der Waals surface area contributed by atoms with Crippen molar-refractivity contribution in [1.29, 1.82) is 0 Å². The zero-order valence-corrected chi connectivity index (χ0v) is 14.5. The van der Waals surface area contributed by atoms with Gasteiger partial charge in [0.1, 0.15) is 23.0 Å². The summed E-state index contributed by atoms with van der Waals surface area (Å²) in [5, 5.41) is 5.03. The molecule has 0 heterocycles. The molecule has 8 nitrogen and oxygen atoms in total. The van der Waals surface area contributed by atoms with Crippen LogP contribution in [-0.2, 0) is 0 Å². The number of hydrogen-bond acceptors (Lipinski definition) is 6. The molecule has 0 aliphatic rings. The molecule has 0 aromatic heterocycles. The van der Waals surface area contributed by atoms with E-state index >= 15 is 0 Å². The maximum Gasteiger partial charge on any atom is 0.412 e. The van der Waals surface area contributed by atoms with Crippen LogP contribution in [-0.4, -0.2) is 39.5 Å². The third-order valence-electron chi connectivity index (χ3n) is 3.20. The van der Waals surface area contributed by atoms with E-state index in [2.05, 4.69) is 10.6 Å². The topological polar surface area (TPSA) is 95.1 Å². The Morgan fingerprint density at radius 1 is 0.654 bits per heavy atom. The van der Waals surface area contributed by atoms with Crippen molar-refractivity contribution in [1.82, 2.24) is 10.6 Å². The second kappa shape index (κ2) is 9.77. The standard InChI is InChI=1S/C18H20N2O6/c1-23-13-3-7-15(8-4-13)25-17(21)19-11-12-20-18(22)26-16-9-5-14(24-2)6-10-16/h3-10H,11-12H2,1-2H3,(H,19,21)(H,20,22). The van der Waals surface area contributed by atoms with Crippen LogP contribution in [0.2, 0.25) is 0 Å². The van der Waals surface area contributed by atoms with Crippen LogP contribution in [0.1, 0.15) is 0 Å². The van der Waals surface area contributed by atoms with Crippen LogP contribution in [0, 0.1) is 0 Å². The van der Waals surface area contributed by atoms with Crippen LogP contribution >= 0.6 is 0 Å². The lowest BCUT2D eigenvalue weighted by Gasteiger charge is -2.09. The largest absolute Gasteiger partial charge is 0.497 e. The van der Waals surface area contributed by atoms with Crippen molar-refractivity contribution in [2.45, 2.75) is 0 Å². The second-order valence-electron chi connectivity index (χ2n) is 4.98. The van der Waals surface area contributed by atoms with Gasteiger partial charge in [-0.3, -0.25) is 0 Å². The van der Waals surface area contributed by atoms with Crippen molar-refractivity contribution >= 4 is 12.2 Å². The molecule has 0 saturated heterocycles. The predicted octanol–water partition coefficient (Wildman–Crippen LogP) is 2.58. The normalized spacial score (nSPS) is 9.77. The van der Waals surface area contributed by atoms with Crippen molar-refractivity contribution in [2.24, 2.45) is 0 Å². The molecule has 8 heteroatoms. The highest BCUT2D eigenvalue weighted by molar-refractivity contribution is 5.71. The number of nitrogens with one attached hydrogen (secondary N) is 2. The Bertz CT molecular complexity index is 652. The fraction of sp³-hybridized carbons (Fsp3) is 0.222. The summed E-state index contributed by atoms with van der Waals surface area (Å²) in [5.74, 6) is 2.10. The number of carbonyl (C=O) groups is 2. The summed E-state index contributed by atoms with van der Waals surface area (Å²) >= 11 is 0. The summed E-state index contributed by atoms with van der Waals surface area (Å²) in [6.45, 7) is 0.374. The van der Waals surface area contributed by atoms with Gasteiger partial charge >= 0.3 is 12.2 Å². The Balaban J connectivity index is 1.63. The maximum atomic E-state index is 11.6. The van der Waals surface area contributed by atoms with E-state index in [1.165, 1.54) is 0 Å². The molecular formula is C18H20N2O6. The first-order valence-electron chi connectivity index (χ1n) is 7.80. The first kappa shape index (κ1) is 18.9. The molecule has 0 radical (unpaired) electrons. The summed E-state index contributed by atoms with van der Waals surface area (Å²) in [4.78, 5) is 23.3. The molecule has 2 amide bonds. The SMILES string of the molecule is COc1ccc(OC(=O)NCCNC(=O)Oc2ccc(OC)cc2)cc1. The Kier molecular flexibility index (Phi) is 7.11. The van der Waals surface area contributed by atoms with E-state index < -0.39 is 12.2 Å². The van der Waals surface area contributed by atoms with Gasteiger partial charge in [0.2, 0.25) is 0 Å². The van der Waals surface area contributed by atoms with Gasteiger partial charge in [-0.1, -0.05) is 0 Å². The van der Waals surface area contributed by atoms with Gasteiger partial charge in [0.05, 0.1) is 14.2 Å². The number of ether oxygens (including phenoxy) is 4. The van der Waals surface area contributed by atoms with E-state index in [1.807, 2.05) is 0 Å². The minimum absolute atomic E-state index is 0.187. The van der Waals surface area contributed by atoms with Gasteiger partial charge in [-0.15, -0.1) is 0 Å². The third kappa shape index (κ3) is 6.23. The smallest absolute Gasteiger partial charge is 0.412 e. The van der Waals surface area contributed by atoms with Gasteiger partial charge in [-0.05, 0) is 48.5 Å². The molecule has 2 aromatic carbocycles. The summed E-state index contributed by atoms with van der Waals surface area (Å²) in [6, 6.07) is 13.2. The lowest BCUT2D eigenvalue weighted by Crippen LogP contribution is -2.37. The number of benzene rings is 2. The molecule has 0 aliphatic carbocycles. The first-order valence-corrected chi connectivity index (χ1v) is 7.80. The Morgan fingerprint density at radius 2 is 0.962 bits per heavy atom. The van der Waals surface area contributed by atoms with Crippen molar-refractivity contribution in [3.63, 3.8) is 0 Å². The third-order valence-corrected chi connectivity index (χ3v) is 3.20. The van der Waals surface area contributed by atoms with Crippen molar-refractivity contribution in [2.75, 3.05) is 27.3 Å². The average molecular weight is 360 g/mol. The van der Waals surface area contributed by atoms with Gasteiger partial charge in [0.25, 0.3) is 0 Å². The summed E-state index contributed by atoms with van der Waals surface area (Å²) in [6.07, 6.45) is -1.25. The molecule has 0 aliphatic heterocycles. The van der Waals surface area contributed by atoms with E-state index in [4.69, 9.17) is 18.9 Å². The molecule has 0 unspecified atom stereocenters. The van der Waals surface area contributed by atoms with E-state index in [9.17, 15) is 9.59 Å². The van der Waals surface area contributed by atoms with Gasteiger partial charge < -0.3 is 29.6 Å². The molecule has 2 aromatic rings. The van der Waals surface area contributed by atoms with Gasteiger partial charge in [0, 0.05) is 13.1 Å². The number of methoxy groups -OCH3 is 2. The molecule has 0 saturated carbocycles. The van der Waals surface area contributed by atoms with E-state index in [-0.39, 0.29) is 13.1 Å². The predicted molar refractivity (Wildman–Crippen MR) is 94.0 cm³/mol. The van der Waals surface area contributed by atoms with Crippen molar-refractivity contribution in [3.05, 3.63) is 48.5 Å². The molecule has 2 N–H and O–H groups in total. The quantitative estimate of drug-likeness (QED) is 0.737. The Morgan fingerprint density at radius 3 is 1.27 bits per heavy atom. The second-order valence-corrected chi connectivity index (χ2v) is 4.98. The van der Waals surface area contributed by atoms with E-state index in [1.54, 1.807) is 62.8 Å². The van der Waals surface area contributed by atoms with Crippen LogP contribution in [0.3, 0.4) is 0 Å². The first-order chi connectivity index (χ1) is 12.6. The minimum atomic E-state index is -0.625. The lowest BCUT2D eigenvalue weighted by molar-refractivity contribution is 0.195. The molecule has 138 valence electrons. The average Bonchev–Trinajstić information content (AvgIpc) is 2.66. The van der Waals surface area contributed by atoms with Crippen LogP contribution in [0.4, 0.5) is 9.59 Å².